The molecule has 1 aromatic carbocycles. The summed E-state index contributed by atoms with van der Waals surface area (Å²) >= 11 is 2.91. The molecule has 0 aliphatic rings. The third kappa shape index (κ3) is 2.35. The Morgan fingerprint density at radius 3 is 2.28 bits per heavy atom. The van der Waals surface area contributed by atoms with E-state index in [-0.39, 0.29) is 10.2 Å². The molecule has 0 spiro atoms. The van der Waals surface area contributed by atoms with Gasteiger partial charge in [0.2, 0.25) is 0 Å². The van der Waals surface area contributed by atoms with E-state index < -0.39 is 11.9 Å². The van der Waals surface area contributed by atoms with E-state index in [1.165, 1.54) is 7.11 Å². The first kappa shape index (κ1) is 12.9. The molecule has 96 valence electrons. The van der Waals surface area contributed by atoms with Gasteiger partial charge in [0.25, 0.3) is 0 Å². The second-order valence-electron chi connectivity index (χ2n) is 3.49. The van der Waals surface area contributed by atoms with Crippen LogP contribution in [0.15, 0.2) is 28.7 Å². The lowest BCUT2D eigenvalue weighted by molar-refractivity contribution is -0.141. The van der Waals surface area contributed by atoms with Crippen molar-refractivity contribution in [1.29, 1.82) is 0 Å². The summed E-state index contributed by atoms with van der Waals surface area (Å²) < 4.78 is 42.6. The van der Waals surface area contributed by atoms with E-state index in [9.17, 15) is 13.2 Å². The van der Waals surface area contributed by atoms with Crippen LogP contribution in [0, 0.1) is 0 Å². The maximum Gasteiger partial charge on any atom is 0.433 e. The van der Waals surface area contributed by atoms with Crippen molar-refractivity contribution in [2.75, 3.05) is 7.11 Å². The molecule has 0 atom stereocenters. The monoisotopic (exact) mass is 320 g/mol. The van der Waals surface area contributed by atoms with E-state index >= 15 is 0 Å². The first-order valence-corrected chi connectivity index (χ1v) is 5.68. The third-order valence-electron chi connectivity index (χ3n) is 2.35. The number of halogens is 4. The molecule has 0 saturated heterocycles. The summed E-state index contributed by atoms with van der Waals surface area (Å²) in [6.45, 7) is 0. The number of hydrogen-bond acceptors (Lipinski definition) is 2. The molecular formula is C11H8BrF3N2O. The van der Waals surface area contributed by atoms with Crippen molar-refractivity contribution in [1.82, 2.24) is 10.2 Å². The highest BCUT2D eigenvalue weighted by Gasteiger charge is 2.36. The van der Waals surface area contributed by atoms with Gasteiger partial charge < -0.3 is 4.74 Å². The maximum atomic E-state index is 12.6. The molecule has 0 fully saturated rings. The zero-order valence-electron chi connectivity index (χ0n) is 9.18. The number of hydrogen-bond donors (Lipinski definition) is 1. The van der Waals surface area contributed by atoms with E-state index in [1.807, 2.05) is 5.10 Å². The Morgan fingerprint density at radius 2 is 1.83 bits per heavy atom. The number of aromatic nitrogens is 2. The van der Waals surface area contributed by atoms with Crippen LogP contribution in [0.3, 0.4) is 0 Å². The Kier molecular flexibility index (Phi) is 3.34. The number of aromatic amines is 1. The first-order valence-electron chi connectivity index (χ1n) is 4.89. The number of rotatable bonds is 2. The van der Waals surface area contributed by atoms with Crippen molar-refractivity contribution in [3.8, 4) is 17.0 Å². The zero-order valence-corrected chi connectivity index (χ0v) is 10.8. The smallest absolute Gasteiger partial charge is 0.433 e. The highest BCUT2D eigenvalue weighted by Crippen LogP contribution is 2.38. The van der Waals surface area contributed by atoms with Crippen molar-refractivity contribution in [3.63, 3.8) is 0 Å². The standard InChI is InChI=1S/C11H8BrF3N2O/c1-18-7-4-2-6(3-5-7)9-8(12)10(17-16-9)11(13,14)15/h2-5H,1H3,(H,16,17). The molecule has 1 aromatic heterocycles. The molecule has 0 bridgehead atoms. The number of methoxy groups -OCH3 is 1. The molecule has 0 aliphatic carbocycles. The molecule has 0 amide bonds. The topological polar surface area (TPSA) is 37.9 Å². The minimum absolute atomic E-state index is 0.0971. The predicted octanol–water partition coefficient (Wildman–Crippen LogP) is 3.87. The molecule has 0 radical (unpaired) electrons. The zero-order chi connectivity index (χ0) is 13.3. The highest BCUT2D eigenvalue weighted by molar-refractivity contribution is 9.10. The van der Waals surface area contributed by atoms with Gasteiger partial charge in [-0.1, -0.05) is 0 Å². The highest BCUT2D eigenvalue weighted by atomic mass is 79.9. The van der Waals surface area contributed by atoms with Crippen molar-refractivity contribution in [3.05, 3.63) is 34.4 Å². The fourth-order valence-electron chi connectivity index (χ4n) is 1.46. The molecule has 0 unspecified atom stereocenters. The van der Waals surface area contributed by atoms with Gasteiger partial charge in [-0.3, -0.25) is 5.10 Å². The van der Waals surface area contributed by atoms with E-state index in [2.05, 4.69) is 21.0 Å². The van der Waals surface area contributed by atoms with Crippen LogP contribution in [0.1, 0.15) is 5.69 Å². The van der Waals surface area contributed by atoms with Gasteiger partial charge in [0.05, 0.1) is 11.6 Å². The molecular weight excluding hydrogens is 313 g/mol. The summed E-state index contributed by atoms with van der Waals surface area (Å²) in [6, 6.07) is 6.59. The Bertz CT molecular complexity index is 548. The van der Waals surface area contributed by atoms with E-state index in [1.54, 1.807) is 24.3 Å². The van der Waals surface area contributed by atoms with Gasteiger partial charge in [-0.2, -0.15) is 18.3 Å². The number of ether oxygens (including phenoxy) is 1. The molecule has 7 heteroatoms. The summed E-state index contributed by atoms with van der Waals surface area (Å²) in [5.74, 6) is 0.626. The Labute approximate surface area is 109 Å². The number of H-pyrrole nitrogens is 1. The average Bonchev–Trinajstić information content (AvgIpc) is 2.71. The van der Waals surface area contributed by atoms with Gasteiger partial charge in [0, 0.05) is 5.56 Å². The number of alkyl halides is 3. The number of benzene rings is 1. The lowest BCUT2D eigenvalue weighted by Crippen LogP contribution is -2.06. The van der Waals surface area contributed by atoms with Gasteiger partial charge in [-0.15, -0.1) is 0 Å². The summed E-state index contributed by atoms with van der Waals surface area (Å²) in [4.78, 5) is 0. The lowest BCUT2D eigenvalue weighted by atomic mass is 10.1. The Hall–Kier alpha value is -1.50. The fraction of sp³-hybridized carbons (Fsp3) is 0.182. The van der Waals surface area contributed by atoms with Crippen molar-refractivity contribution in [2.24, 2.45) is 0 Å². The van der Waals surface area contributed by atoms with Crippen LogP contribution in [0.25, 0.3) is 11.3 Å². The summed E-state index contributed by atoms with van der Waals surface area (Å²) in [6.07, 6.45) is -4.46. The second kappa shape index (κ2) is 4.64. The van der Waals surface area contributed by atoms with E-state index in [0.717, 1.165) is 0 Å². The molecule has 0 saturated carbocycles. The molecule has 3 nitrogen and oxygen atoms in total. The van der Waals surface area contributed by atoms with Crippen LogP contribution in [0.2, 0.25) is 0 Å². The van der Waals surface area contributed by atoms with Crippen molar-refractivity contribution in [2.45, 2.75) is 6.18 Å². The molecule has 2 rings (SSSR count). The van der Waals surface area contributed by atoms with Crippen LogP contribution in [0.5, 0.6) is 5.75 Å². The van der Waals surface area contributed by atoms with Crippen LogP contribution in [-0.2, 0) is 6.18 Å². The first-order chi connectivity index (χ1) is 8.43. The fourth-order valence-corrected chi connectivity index (χ4v) is 2.09. The molecule has 1 N–H and O–H groups in total. The minimum atomic E-state index is -4.46. The Balaban J connectivity index is 2.42. The van der Waals surface area contributed by atoms with Crippen LogP contribution in [0.4, 0.5) is 13.2 Å². The van der Waals surface area contributed by atoms with Gasteiger partial charge in [0.15, 0.2) is 5.69 Å². The van der Waals surface area contributed by atoms with Gasteiger partial charge in [0.1, 0.15) is 11.4 Å². The van der Waals surface area contributed by atoms with Crippen molar-refractivity contribution < 1.29 is 17.9 Å². The predicted molar refractivity (Wildman–Crippen MR) is 63.3 cm³/mol. The van der Waals surface area contributed by atoms with E-state index in [4.69, 9.17) is 4.74 Å². The van der Waals surface area contributed by atoms with Crippen LogP contribution in [-0.4, -0.2) is 17.3 Å². The van der Waals surface area contributed by atoms with Gasteiger partial charge in [-0.05, 0) is 40.2 Å². The molecule has 2 aromatic rings. The summed E-state index contributed by atoms with van der Waals surface area (Å²) in [7, 11) is 1.52. The van der Waals surface area contributed by atoms with Crippen LogP contribution < -0.4 is 4.74 Å². The maximum absolute atomic E-state index is 12.6. The molecule has 18 heavy (non-hydrogen) atoms. The third-order valence-corrected chi connectivity index (χ3v) is 3.13. The molecule has 0 aliphatic heterocycles. The molecule has 1 heterocycles. The van der Waals surface area contributed by atoms with E-state index in [0.29, 0.717) is 11.3 Å². The summed E-state index contributed by atoms with van der Waals surface area (Å²) in [5.41, 5.74) is -0.118. The van der Waals surface area contributed by atoms with Gasteiger partial charge in [-0.25, -0.2) is 0 Å². The summed E-state index contributed by atoms with van der Waals surface area (Å²) in [5, 5.41) is 5.66. The number of nitrogens with zero attached hydrogens (tertiary/aromatic N) is 1. The number of nitrogens with one attached hydrogen (secondary N) is 1. The van der Waals surface area contributed by atoms with Crippen molar-refractivity contribution >= 4 is 15.9 Å². The largest absolute Gasteiger partial charge is 0.497 e. The Morgan fingerprint density at radius 1 is 1.22 bits per heavy atom. The quantitative estimate of drug-likeness (QED) is 0.912. The lowest BCUT2D eigenvalue weighted by Gasteiger charge is -2.04. The minimum Gasteiger partial charge on any atom is -0.497 e. The van der Waals surface area contributed by atoms with Crippen LogP contribution >= 0.6 is 15.9 Å². The second-order valence-corrected chi connectivity index (χ2v) is 4.28. The normalized spacial score (nSPS) is 11.6. The SMILES string of the molecule is COc1ccc(-c2n[nH]c(C(F)(F)F)c2Br)cc1. The van der Waals surface area contributed by atoms with Gasteiger partial charge >= 0.3 is 6.18 Å². The average molecular weight is 321 g/mol.